The van der Waals surface area contributed by atoms with Crippen molar-refractivity contribution in [3.8, 4) is 0 Å². The van der Waals surface area contributed by atoms with Gasteiger partial charge in [0.2, 0.25) is 0 Å². The second-order valence-corrected chi connectivity index (χ2v) is 7.20. The molecular weight excluding hydrogens is 352 g/mol. The number of urea groups is 1. The summed E-state index contributed by atoms with van der Waals surface area (Å²) in [6.07, 6.45) is 4.24. The quantitative estimate of drug-likeness (QED) is 0.730. The minimum Gasteiger partial charge on any atom is -0.462 e. The number of nitrogens with one attached hydrogen (secondary N) is 1. The SMILES string of the molecule is CCOC(=O)c1ccc(NC(=O)N2CCCCCC2c2ccc(C)cc2)cc1. The maximum atomic E-state index is 13.0. The van der Waals surface area contributed by atoms with Crippen molar-refractivity contribution >= 4 is 17.7 Å². The molecule has 3 rings (SSSR count). The monoisotopic (exact) mass is 380 g/mol. The van der Waals surface area contributed by atoms with Gasteiger partial charge in [0.15, 0.2) is 0 Å². The Bertz CT molecular complexity index is 800. The van der Waals surface area contributed by atoms with Crippen molar-refractivity contribution in [2.24, 2.45) is 0 Å². The zero-order valence-corrected chi connectivity index (χ0v) is 16.6. The fourth-order valence-electron chi connectivity index (χ4n) is 3.59. The molecule has 1 N–H and O–H groups in total. The van der Waals surface area contributed by atoms with E-state index in [1.807, 2.05) is 4.90 Å². The highest BCUT2D eigenvalue weighted by molar-refractivity contribution is 5.92. The van der Waals surface area contributed by atoms with Crippen molar-refractivity contribution in [2.75, 3.05) is 18.5 Å². The van der Waals surface area contributed by atoms with Crippen LogP contribution in [0.25, 0.3) is 0 Å². The van der Waals surface area contributed by atoms with Gasteiger partial charge in [0.1, 0.15) is 0 Å². The third-order valence-corrected chi connectivity index (χ3v) is 5.12. The number of anilines is 1. The minimum absolute atomic E-state index is 0.0851. The number of nitrogens with zero attached hydrogens (tertiary/aromatic N) is 1. The van der Waals surface area contributed by atoms with Gasteiger partial charge in [0.05, 0.1) is 18.2 Å². The Kier molecular flexibility index (Phi) is 6.69. The Labute approximate surface area is 166 Å². The van der Waals surface area contributed by atoms with E-state index in [-0.39, 0.29) is 18.0 Å². The van der Waals surface area contributed by atoms with Gasteiger partial charge in [0.25, 0.3) is 0 Å². The molecule has 1 fully saturated rings. The highest BCUT2D eigenvalue weighted by Crippen LogP contribution is 2.31. The molecule has 1 heterocycles. The second-order valence-electron chi connectivity index (χ2n) is 7.20. The smallest absolute Gasteiger partial charge is 0.338 e. The second kappa shape index (κ2) is 9.40. The Hall–Kier alpha value is -2.82. The number of likely N-dealkylation sites (tertiary alicyclic amines) is 1. The zero-order chi connectivity index (χ0) is 19.9. The number of benzene rings is 2. The van der Waals surface area contributed by atoms with Crippen molar-refractivity contribution in [1.82, 2.24) is 4.90 Å². The molecule has 2 aromatic carbocycles. The Balaban J connectivity index is 1.73. The van der Waals surface area contributed by atoms with Crippen LogP contribution in [0, 0.1) is 6.92 Å². The lowest BCUT2D eigenvalue weighted by Gasteiger charge is -2.30. The Morgan fingerprint density at radius 1 is 1.04 bits per heavy atom. The predicted molar refractivity (Wildman–Crippen MR) is 111 cm³/mol. The first-order chi connectivity index (χ1) is 13.6. The standard InChI is InChI=1S/C23H28N2O3/c1-3-28-22(26)19-12-14-20(15-13-19)24-23(27)25-16-6-4-5-7-21(25)18-10-8-17(2)9-11-18/h8-15,21H,3-7,16H2,1-2H3,(H,24,27). The van der Waals surface area contributed by atoms with Crippen molar-refractivity contribution in [3.63, 3.8) is 0 Å². The molecule has 28 heavy (non-hydrogen) atoms. The molecule has 1 atom stereocenters. The van der Waals surface area contributed by atoms with E-state index < -0.39 is 0 Å². The predicted octanol–water partition coefficient (Wildman–Crippen LogP) is 5.32. The van der Waals surface area contributed by atoms with Crippen LogP contribution in [0.15, 0.2) is 48.5 Å². The summed E-state index contributed by atoms with van der Waals surface area (Å²) in [7, 11) is 0. The van der Waals surface area contributed by atoms with Crippen LogP contribution in [-0.2, 0) is 4.74 Å². The topological polar surface area (TPSA) is 58.6 Å². The highest BCUT2D eigenvalue weighted by Gasteiger charge is 2.26. The number of amides is 2. The van der Waals surface area contributed by atoms with E-state index in [0.717, 1.165) is 32.2 Å². The van der Waals surface area contributed by atoms with Crippen molar-refractivity contribution < 1.29 is 14.3 Å². The lowest BCUT2D eigenvalue weighted by atomic mass is 10.00. The zero-order valence-electron chi connectivity index (χ0n) is 16.6. The first kappa shape index (κ1) is 19.9. The third kappa shape index (κ3) is 4.91. The normalized spacial score (nSPS) is 16.9. The summed E-state index contributed by atoms with van der Waals surface area (Å²) in [6, 6.07) is 15.3. The van der Waals surface area contributed by atoms with Crippen LogP contribution < -0.4 is 5.32 Å². The molecule has 1 aliphatic heterocycles. The van der Waals surface area contributed by atoms with Gasteiger partial charge >= 0.3 is 12.0 Å². The summed E-state index contributed by atoms with van der Waals surface area (Å²) in [5.41, 5.74) is 3.55. The molecule has 0 bridgehead atoms. The van der Waals surface area contributed by atoms with Gasteiger partial charge in [-0.05, 0) is 56.5 Å². The van der Waals surface area contributed by atoms with E-state index in [1.54, 1.807) is 31.2 Å². The summed E-state index contributed by atoms with van der Waals surface area (Å²) in [5, 5.41) is 2.98. The molecule has 0 aliphatic carbocycles. The molecule has 1 aliphatic rings. The number of aryl methyl sites for hydroxylation is 1. The van der Waals surface area contributed by atoms with Gasteiger partial charge in [-0.25, -0.2) is 9.59 Å². The van der Waals surface area contributed by atoms with E-state index in [4.69, 9.17) is 4.74 Å². The number of carbonyl (C=O) groups excluding carboxylic acids is 2. The molecule has 0 radical (unpaired) electrons. The fourth-order valence-corrected chi connectivity index (χ4v) is 3.59. The number of hydrogen-bond acceptors (Lipinski definition) is 3. The molecule has 5 nitrogen and oxygen atoms in total. The van der Waals surface area contributed by atoms with Gasteiger partial charge in [-0.1, -0.05) is 42.7 Å². The number of carbonyl (C=O) groups is 2. The Morgan fingerprint density at radius 2 is 1.75 bits per heavy atom. The van der Waals surface area contributed by atoms with Gasteiger partial charge in [-0.15, -0.1) is 0 Å². The van der Waals surface area contributed by atoms with Gasteiger partial charge in [-0.2, -0.15) is 0 Å². The minimum atomic E-state index is -0.354. The van der Waals surface area contributed by atoms with Crippen molar-refractivity contribution in [1.29, 1.82) is 0 Å². The van der Waals surface area contributed by atoms with Crippen LogP contribution >= 0.6 is 0 Å². The van der Waals surface area contributed by atoms with Crippen LogP contribution in [-0.4, -0.2) is 30.1 Å². The van der Waals surface area contributed by atoms with Gasteiger partial charge in [-0.3, -0.25) is 0 Å². The van der Waals surface area contributed by atoms with Crippen LogP contribution in [0.5, 0.6) is 0 Å². The summed E-state index contributed by atoms with van der Waals surface area (Å²) in [6.45, 7) is 4.93. The number of esters is 1. The average Bonchev–Trinajstić information content (AvgIpc) is 2.95. The van der Waals surface area contributed by atoms with Crippen LogP contribution in [0.1, 0.15) is 60.1 Å². The molecule has 0 spiro atoms. The maximum Gasteiger partial charge on any atom is 0.338 e. The van der Waals surface area contributed by atoms with Gasteiger partial charge < -0.3 is 15.0 Å². The number of rotatable bonds is 4. The van der Waals surface area contributed by atoms with Crippen molar-refractivity contribution in [3.05, 3.63) is 65.2 Å². The highest BCUT2D eigenvalue weighted by atomic mass is 16.5. The molecule has 2 aromatic rings. The lowest BCUT2D eigenvalue weighted by Crippen LogP contribution is -2.38. The molecule has 1 saturated heterocycles. The molecule has 148 valence electrons. The van der Waals surface area contributed by atoms with Crippen LogP contribution in [0.4, 0.5) is 10.5 Å². The lowest BCUT2D eigenvalue weighted by molar-refractivity contribution is 0.0526. The average molecular weight is 380 g/mol. The van der Waals surface area contributed by atoms with E-state index in [9.17, 15) is 9.59 Å². The molecule has 1 unspecified atom stereocenters. The summed E-state index contributed by atoms with van der Waals surface area (Å²) in [5.74, 6) is -0.354. The van der Waals surface area contributed by atoms with E-state index in [0.29, 0.717) is 17.9 Å². The van der Waals surface area contributed by atoms with Crippen LogP contribution in [0.3, 0.4) is 0 Å². The van der Waals surface area contributed by atoms with E-state index >= 15 is 0 Å². The maximum absolute atomic E-state index is 13.0. The third-order valence-electron chi connectivity index (χ3n) is 5.12. The van der Waals surface area contributed by atoms with Gasteiger partial charge in [0, 0.05) is 12.2 Å². The number of ether oxygens (including phenoxy) is 1. The molecular formula is C23H28N2O3. The van der Waals surface area contributed by atoms with Crippen molar-refractivity contribution in [2.45, 2.75) is 45.6 Å². The summed E-state index contributed by atoms with van der Waals surface area (Å²) >= 11 is 0. The molecule has 5 heteroatoms. The molecule has 0 aromatic heterocycles. The van der Waals surface area contributed by atoms with E-state index in [2.05, 4.69) is 36.5 Å². The summed E-state index contributed by atoms with van der Waals surface area (Å²) in [4.78, 5) is 26.7. The first-order valence-corrected chi connectivity index (χ1v) is 10.00. The Morgan fingerprint density at radius 3 is 2.43 bits per heavy atom. The molecule has 2 amide bonds. The van der Waals surface area contributed by atoms with E-state index in [1.165, 1.54) is 11.1 Å². The largest absolute Gasteiger partial charge is 0.462 e. The first-order valence-electron chi connectivity index (χ1n) is 10.00. The van der Waals surface area contributed by atoms with Crippen LogP contribution in [0.2, 0.25) is 0 Å². The fraction of sp³-hybridized carbons (Fsp3) is 0.391. The number of hydrogen-bond donors (Lipinski definition) is 1. The summed E-state index contributed by atoms with van der Waals surface area (Å²) < 4.78 is 4.99. The molecule has 0 saturated carbocycles.